The zero-order valence-electron chi connectivity index (χ0n) is 15.6. The molecule has 0 fully saturated rings. The van der Waals surface area contributed by atoms with Gasteiger partial charge < -0.3 is 15.4 Å². The molecular formula is C20H28IN3OS. The molecule has 2 aromatic rings. The summed E-state index contributed by atoms with van der Waals surface area (Å²) in [6, 6.07) is 13.1. The molecule has 1 aliphatic rings. The predicted octanol–water partition coefficient (Wildman–Crippen LogP) is 4.34. The molecule has 0 spiro atoms. The average molecular weight is 485 g/mol. The van der Waals surface area contributed by atoms with Crippen LogP contribution in [-0.2, 0) is 6.42 Å². The van der Waals surface area contributed by atoms with Gasteiger partial charge in [-0.15, -0.1) is 35.3 Å². The minimum atomic E-state index is 0. The lowest BCUT2D eigenvalue weighted by molar-refractivity contribution is 0.267. The number of fused-ring (bicyclic) bond motifs is 1. The first-order chi connectivity index (χ1) is 12.2. The van der Waals surface area contributed by atoms with Crippen molar-refractivity contribution in [3.63, 3.8) is 0 Å². The Bertz CT molecular complexity index is 731. The Morgan fingerprint density at radius 3 is 2.85 bits per heavy atom. The third-order valence-electron chi connectivity index (χ3n) is 4.51. The van der Waals surface area contributed by atoms with E-state index in [1.165, 1.54) is 15.3 Å². The Morgan fingerprint density at radius 2 is 2.12 bits per heavy atom. The second-order valence-corrected chi connectivity index (χ2v) is 7.96. The summed E-state index contributed by atoms with van der Waals surface area (Å²) in [6.45, 7) is 6.00. The molecule has 2 atom stereocenters. The maximum Gasteiger partial charge on any atom is 0.191 e. The number of benzene rings is 1. The van der Waals surface area contributed by atoms with Crippen LogP contribution in [0.25, 0.3) is 0 Å². The van der Waals surface area contributed by atoms with Gasteiger partial charge >= 0.3 is 0 Å². The van der Waals surface area contributed by atoms with Crippen molar-refractivity contribution in [2.45, 2.75) is 38.6 Å². The van der Waals surface area contributed by atoms with E-state index in [0.29, 0.717) is 12.0 Å². The minimum Gasteiger partial charge on any atom is -0.493 e. The summed E-state index contributed by atoms with van der Waals surface area (Å²) in [5, 5.41) is 6.99. The smallest absolute Gasteiger partial charge is 0.191 e. The van der Waals surface area contributed by atoms with E-state index in [9.17, 15) is 0 Å². The van der Waals surface area contributed by atoms with Crippen LogP contribution in [0.2, 0.25) is 0 Å². The van der Waals surface area contributed by atoms with Gasteiger partial charge in [-0.2, -0.15) is 0 Å². The van der Waals surface area contributed by atoms with Crippen molar-refractivity contribution in [1.29, 1.82) is 0 Å². The SMILES string of the molecule is CN=C(NCC1CCOc2ccccc21)NC(C)Cc1ccc(C)s1.I. The van der Waals surface area contributed by atoms with Gasteiger partial charge in [0.25, 0.3) is 0 Å². The average Bonchev–Trinajstić information content (AvgIpc) is 3.03. The number of aliphatic imine (C=N–C) groups is 1. The molecule has 0 radical (unpaired) electrons. The number of thiophene rings is 1. The number of halogens is 1. The normalized spacial score (nSPS) is 17.5. The van der Waals surface area contributed by atoms with Gasteiger partial charge in [-0.1, -0.05) is 18.2 Å². The Morgan fingerprint density at radius 1 is 1.31 bits per heavy atom. The molecule has 0 saturated carbocycles. The van der Waals surface area contributed by atoms with Crippen LogP contribution in [0.4, 0.5) is 0 Å². The fourth-order valence-electron chi connectivity index (χ4n) is 3.22. The zero-order valence-corrected chi connectivity index (χ0v) is 18.8. The van der Waals surface area contributed by atoms with Crippen LogP contribution in [0.1, 0.15) is 34.6 Å². The van der Waals surface area contributed by atoms with Crippen LogP contribution >= 0.6 is 35.3 Å². The second kappa shape index (κ2) is 10.2. The molecular weight excluding hydrogens is 457 g/mol. The number of para-hydroxylation sites is 1. The van der Waals surface area contributed by atoms with E-state index >= 15 is 0 Å². The molecule has 1 aromatic carbocycles. The summed E-state index contributed by atoms with van der Waals surface area (Å²) in [4.78, 5) is 7.15. The van der Waals surface area contributed by atoms with Crippen LogP contribution in [0, 0.1) is 6.92 Å². The molecule has 2 heterocycles. The summed E-state index contributed by atoms with van der Waals surface area (Å²) in [5.74, 6) is 2.34. The molecule has 0 bridgehead atoms. The lowest BCUT2D eigenvalue weighted by Crippen LogP contribution is -2.44. The first-order valence-electron chi connectivity index (χ1n) is 8.90. The van der Waals surface area contributed by atoms with Crippen LogP contribution in [0.3, 0.4) is 0 Å². The highest BCUT2D eigenvalue weighted by Gasteiger charge is 2.21. The molecule has 0 amide bonds. The quantitative estimate of drug-likeness (QED) is 0.377. The highest BCUT2D eigenvalue weighted by Crippen LogP contribution is 2.32. The van der Waals surface area contributed by atoms with Gasteiger partial charge in [0.1, 0.15) is 5.75 Å². The lowest BCUT2D eigenvalue weighted by atomic mass is 9.93. The van der Waals surface area contributed by atoms with Crippen molar-refractivity contribution in [3.05, 3.63) is 51.7 Å². The molecule has 1 aliphatic heterocycles. The summed E-state index contributed by atoms with van der Waals surface area (Å²) >= 11 is 1.86. The third kappa shape index (κ3) is 5.61. The molecule has 4 nitrogen and oxygen atoms in total. The maximum absolute atomic E-state index is 5.75. The number of aryl methyl sites for hydroxylation is 1. The Kier molecular flexibility index (Phi) is 8.21. The topological polar surface area (TPSA) is 45.7 Å². The summed E-state index contributed by atoms with van der Waals surface area (Å²) in [7, 11) is 1.83. The van der Waals surface area contributed by atoms with Gasteiger partial charge in [0, 0.05) is 41.7 Å². The first-order valence-corrected chi connectivity index (χ1v) is 9.71. The fourth-order valence-corrected chi connectivity index (χ4v) is 4.24. The van der Waals surface area contributed by atoms with Crippen molar-refractivity contribution < 1.29 is 4.74 Å². The highest BCUT2D eigenvalue weighted by molar-refractivity contribution is 14.0. The number of rotatable bonds is 5. The van der Waals surface area contributed by atoms with Crippen molar-refractivity contribution in [3.8, 4) is 5.75 Å². The monoisotopic (exact) mass is 485 g/mol. The number of ether oxygens (including phenoxy) is 1. The lowest BCUT2D eigenvalue weighted by Gasteiger charge is -2.27. The summed E-state index contributed by atoms with van der Waals surface area (Å²) < 4.78 is 5.75. The van der Waals surface area contributed by atoms with E-state index in [0.717, 1.165) is 37.7 Å². The highest BCUT2D eigenvalue weighted by atomic mass is 127. The molecule has 2 unspecified atom stereocenters. The van der Waals surface area contributed by atoms with E-state index in [4.69, 9.17) is 4.74 Å². The van der Waals surface area contributed by atoms with E-state index in [1.807, 2.05) is 24.5 Å². The van der Waals surface area contributed by atoms with Crippen molar-refractivity contribution in [1.82, 2.24) is 10.6 Å². The van der Waals surface area contributed by atoms with Crippen LogP contribution in [0.5, 0.6) is 5.75 Å². The molecule has 3 rings (SSSR count). The molecule has 26 heavy (non-hydrogen) atoms. The zero-order chi connectivity index (χ0) is 17.6. The van der Waals surface area contributed by atoms with E-state index < -0.39 is 0 Å². The number of hydrogen-bond acceptors (Lipinski definition) is 3. The number of nitrogens with one attached hydrogen (secondary N) is 2. The third-order valence-corrected chi connectivity index (χ3v) is 5.53. The van der Waals surface area contributed by atoms with E-state index in [2.05, 4.69) is 59.8 Å². The predicted molar refractivity (Wildman–Crippen MR) is 121 cm³/mol. The van der Waals surface area contributed by atoms with Crippen LogP contribution < -0.4 is 15.4 Å². The van der Waals surface area contributed by atoms with Crippen molar-refractivity contribution in [2.75, 3.05) is 20.2 Å². The largest absolute Gasteiger partial charge is 0.493 e. The molecule has 2 N–H and O–H groups in total. The second-order valence-electron chi connectivity index (χ2n) is 6.59. The summed E-state index contributed by atoms with van der Waals surface area (Å²) in [5.41, 5.74) is 1.29. The first kappa shape index (κ1) is 21.0. The maximum atomic E-state index is 5.75. The number of nitrogens with zero attached hydrogens (tertiary/aromatic N) is 1. The molecule has 142 valence electrons. The van der Waals surface area contributed by atoms with Gasteiger partial charge in [0.05, 0.1) is 6.61 Å². The molecule has 6 heteroatoms. The van der Waals surface area contributed by atoms with Crippen molar-refractivity contribution >= 4 is 41.3 Å². The van der Waals surface area contributed by atoms with Gasteiger partial charge in [-0.3, -0.25) is 4.99 Å². The number of guanidine groups is 1. The van der Waals surface area contributed by atoms with Gasteiger partial charge in [0.15, 0.2) is 5.96 Å². The molecule has 0 saturated heterocycles. The van der Waals surface area contributed by atoms with Gasteiger partial charge in [-0.25, -0.2) is 0 Å². The Labute approximate surface area is 177 Å². The number of hydrogen-bond donors (Lipinski definition) is 2. The van der Waals surface area contributed by atoms with Gasteiger partial charge in [0.2, 0.25) is 0 Å². The molecule has 0 aliphatic carbocycles. The van der Waals surface area contributed by atoms with E-state index in [1.54, 1.807) is 0 Å². The molecule has 1 aromatic heterocycles. The van der Waals surface area contributed by atoms with Crippen molar-refractivity contribution in [2.24, 2.45) is 4.99 Å². The Balaban J connectivity index is 0.00000243. The fraction of sp³-hybridized carbons (Fsp3) is 0.450. The minimum absolute atomic E-state index is 0. The van der Waals surface area contributed by atoms with Gasteiger partial charge in [-0.05, 0) is 44.0 Å². The van der Waals surface area contributed by atoms with E-state index in [-0.39, 0.29) is 24.0 Å². The Hall–Kier alpha value is -1.28. The standard InChI is InChI=1S/C20H27N3OS.HI/c1-14(12-17-9-8-15(2)25-17)23-20(21-3)22-13-16-10-11-24-19-7-5-4-6-18(16)19;/h4-9,14,16H,10-13H2,1-3H3,(H2,21,22,23);1H. The van der Waals surface area contributed by atoms with Crippen LogP contribution in [-0.4, -0.2) is 32.2 Å². The summed E-state index contributed by atoms with van der Waals surface area (Å²) in [6.07, 6.45) is 2.05. The van der Waals surface area contributed by atoms with Crippen LogP contribution in [0.15, 0.2) is 41.4 Å².